The molecule has 1 saturated heterocycles. The van der Waals surface area contributed by atoms with Gasteiger partial charge >= 0.3 is 12.6 Å². The number of nitrogens with zero attached hydrogens (tertiary/aromatic N) is 2. The molecule has 0 aromatic heterocycles. The largest absolute Gasteiger partial charge is 0.433 e. The van der Waals surface area contributed by atoms with Crippen molar-refractivity contribution in [3.8, 4) is 5.75 Å². The highest BCUT2D eigenvalue weighted by atomic mass is 19.3. The van der Waals surface area contributed by atoms with Crippen molar-refractivity contribution in [3.63, 3.8) is 0 Å². The van der Waals surface area contributed by atoms with Gasteiger partial charge in [-0.05, 0) is 32.9 Å². The van der Waals surface area contributed by atoms with Gasteiger partial charge in [-0.2, -0.15) is 8.78 Å². The number of benzene rings is 1. The number of carbonyl (C=O) groups excluding carboxylic acids is 1. The lowest BCUT2D eigenvalue weighted by molar-refractivity contribution is -0.201. The van der Waals surface area contributed by atoms with Crippen LogP contribution in [0.2, 0.25) is 0 Å². The summed E-state index contributed by atoms with van der Waals surface area (Å²) in [6.45, 7) is 4.70. The van der Waals surface area contributed by atoms with Gasteiger partial charge in [0, 0.05) is 24.8 Å². The van der Waals surface area contributed by atoms with Gasteiger partial charge < -0.3 is 20.2 Å². The van der Waals surface area contributed by atoms with E-state index in [1.807, 2.05) is 4.90 Å². The molecule has 1 fully saturated rings. The van der Waals surface area contributed by atoms with Crippen LogP contribution in [0.25, 0.3) is 0 Å². The topological polar surface area (TPSA) is 68.0 Å². The first-order chi connectivity index (χ1) is 11.2. The Hall–Kier alpha value is -2.09. The van der Waals surface area contributed by atoms with Gasteiger partial charge in [0.25, 0.3) is 0 Å². The molecule has 6 nitrogen and oxygen atoms in total. The highest BCUT2D eigenvalue weighted by molar-refractivity contribution is 5.75. The van der Waals surface area contributed by atoms with Crippen LogP contribution in [0.1, 0.15) is 20.8 Å². The molecule has 0 bridgehead atoms. The molecule has 0 aliphatic carbocycles. The Bertz CT molecular complexity index is 582. The van der Waals surface area contributed by atoms with Gasteiger partial charge in [0.15, 0.2) is 5.75 Å². The summed E-state index contributed by atoms with van der Waals surface area (Å²) in [7, 11) is 0. The summed E-state index contributed by atoms with van der Waals surface area (Å²) in [6.07, 6.45) is 0. The minimum Gasteiger partial charge on any atom is -0.433 e. The number of nitrogen functional groups attached to an aromatic ring is 1. The molecule has 1 aromatic rings. The maximum absolute atomic E-state index is 12.4. The number of hydrogen-bond acceptors (Lipinski definition) is 6. The summed E-state index contributed by atoms with van der Waals surface area (Å²) in [5.74, 6) is -0.319. The number of nitrogens with two attached hydrogens (primary N) is 1. The van der Waals surface area contributed by atoms with Crippen LogP contribution in [0.3, 0.4) is 0 Å². The van der Waals surface area contributed by atoms with Crippen molar-refractivity contribution >= 4 is 17.3 Å². The molecular weight excluding hydrogens is 320 g/mol. The Labute approximate surface area is 140 Å². The number of hydroxylamine groups is 2. The third-order valence-electron chi connectivity index (χ3n) is 3.64. The molecule has 1 heterocycles. The molecule has 2 N–H and O–H groups in total. The van der Waals surface area contributed by atoms with E-state index in [4.69, 9.17) is 10.6 Å². The lowest BCUT2D eigenvalue weighted by atomic mass is 9.98. The van der Waals surface area contributed by atoms with Crippen molar-refractivity contribution in [1.82, 2.24) is 5.06 Å². The smallest absolute Gasteiger partial charge is 0.387 e. The van der Waals surface area contributed by atoms with E-state index in [2.05, 4.69) is 4.74 Å². The molecule has 2 rings (SSSR count). The average Bonchev–Trinajstić information content (AvgIpc) is 2.49. The lowest BCUT2D eigenvalue weighted by Crippen LogP contribution is -2.48. The van der Waals surface area contributed by atoms with E-state index in [0.717, 1.165) is 5.69 Å². The number of halogens is 2. The molecule has 0 unspecified atom stereocenters. The summed E-state index contributed by atoms with van der Waals surface area (Å²) in [5, 5.41) is 1.62. The number of carbonyl (C=O) groups is 1. The standard InChI is InChI=1S/C16H23F2N3O3/c1-16(2,3)14(22)24-21-8-6-20(7-9-21)11-4-5-12(19)13(10-11)23-15(17)18/h4-5,10,15H,6-9,19H2,1-3H3. The van der Waals surface area contributed by atoms with Crippen LogP contribution in [0.15, 0.2) is 18.2 Å². The van der Waals surface area contributed by atoms with Gasteiger partial charge in [0.1, 0.15) is 0 Å². The van der Waals surface area contributed by atoms with E-state index in [1.165, 1.54) is 6.07 Å². The fraction of sp³-hybridized carbons (Fsp3) is 0.562. The van der Waals surface area contributed by atoms with Gasteiger partial charge in [0.05, 0.1) is 24.2 Å². The maximum atomic E-state index is 12.4. The molecule has 0 radical (unpaired) electrons. The second-order valence-corrected chi connectivity index (χ2v) is 6.65. The molecule has 1 aromatic carbocycles. The monoisotopic (exact) mass is 343 g/mol. The highest BCUT2D eigenvalue weighted by Crippen LogP contribution is 2.29. The fourth-order valence-electron chi connectivity index (χ4n) is 2.21. The molecule has 1 aliphatic rings. The van der Waals surface area contributed by atoms with Crippen molar-refractivity contribution < 1.29 is 23.1 Å². The van der Waals surface area contributed by atoms with Crippen LogP contribution < -0.4 is 15.4 Å². The second-order valence-electron chi connectivity index (χ2n) is 6.65. The van der Waals surface area contributed by atoms with Crippen LogP contribution in [0, 0.1) is 5.41 Å². The molecule has 8 heteroatoms. The third-order valence-corrected chi connectivity index (χ3v) is 3.64. The predicted octanol–water partition coefficient (Wildman–Crippen LogP) is 2.50. The number of rotatable bonds is 4. The van der Waals surface area contributed by atoms with Gasteiger partial charge in [0.2, 0.25) is 0 Å². The lowest BCUT2D eigenvalue weighted by Gasteiger charge is -2.35. The fourth-order valence-corrected chi connectivity index (χ4v) is 2.21. The molecule has 0 spiro atoms. The Kier molecular flexibility index (Phi) is 5.48. The van der Waals surface area contributed by atoms with Crippen LogP contribution in [0.5, 0.6) is 5.75 Å². The average molecular weight is 343 g/mol. The van der Waals surface area contributed by atoms with Gasteiger partial charge in [-0.15, -0.1) is 5.06 Å². The summed E-state index contributed by atoms with van der Waals surface area (Å²) in [6, 6.07) is 4.79. The zero-order chi connectivity index (χ0) is 17.9. The summed E-state index contributed by atoms with van der Waals surface area (Å²) in [4.78, 5) is 19.2. The first kappa shape index (κ1) is 18.3. The molecule has 24 heavy (non-hydrogen) atoms. The maximum Gasteiger partial charge on any atom is 0.387 e. The molecule has 0 atom stereocenters. The van der Waals surface area contributed by atoms with Gasteiger partial charge in [-0.25, -0.2) is 4.79 Å². The van der Waals surface area contributed by atoms with Crippen molar-refractivity contribution in [3.05, 3.63) is 18.2 Å². The number of alkyl halides is 2. The van der Waals surface area contributed by atoms with E-state index in [1.54, 1.807) is 38.0 Å². The Balaban J connectivity index is 1.96. The van der Waals surface area contributed by atoms with Crippen LogP contribution in [0.4, 0.5) is 20.2 Å². The summed E-state index contributed by atoms with van der Waals surface area (Å²) in [5.41, 5.74) is 5.98. The quantitative estimate of drug-likeness (QED) is 0.847. The Morgan fingerprint density at radius 3 is 2.38 bits per heavy atom. The molecule has 0 amide bonds. The van der Waals surface area contributed by atoms with Crippen molar-refractivity contribution in [2.45, 2.75) is 27.4 Å². The molecule has 1 aliphatic heterocycles. The number of hydrogen-bond donors (Lipinski definition) is 1. The summed E-state index contributed by atoms with van der Waals surface area (Å²) >= 11 is 0. The zero-order valence-electron chi connectivity index (χ0n) is 14.1. The minimum absolute atomic E-state index is 0.0379. The van der Waals surface area contributed by atoms with Crippen molar-refractivity contribution in [1.29, 1.82) is 0 Å². The van der Waals surface area contributed by atoms with Crippen molar-refractivity contribution in [2.24, 2.45) is 5.41 Å². The summed E-state index contributed by atoms with van der Waals surface area (Å²) < 4.78 is 29.2. The molecule has 134 valence electrons. The van der Waals surface area contributed by atoms with Gasteiger partial charge in [-0.1, -0.05) is 0 Å². The molecular formula is C16H23F2N3O3. The number of ether oxygens (including phenoxy) is 1. The van der Waals surface area contributed by atoms with Crippen LogP contribution >= 0.6 is 0 Å². The van der Waals surface area contributed by atoms with Crippen molar-refractivity contribution in [2.75, 3.05) is 36.8 Å². The van der Waals surface area contributed by atoms with Crippen LogP contribution in [-0.4, -0.2) is 43.8 Å². The van der Waals surface area contributed by atoms with E-state index in [0.29, 0.717) is 26.2 Å². The first-order valence-corrected chi connectivity index (χ1v) is 7.73. The number of piperazine rings is 1. The number of anilines is 2. The van der Waals surface area contributed by atoms with E-state index in [-0.39, 0.29) is 17.4 Å². The second kappa shape index (κ2) is 7.21. The van der Waals surface area contributed by atoms with Gasteiger partial charge in [-0.3, -0.25) is 0 Å². The highest BCUT2D eigenvalue weighted by Gasteiger charge is 2.28. The molecule has 0 saturated carbocycles. The first-order valence-electron chi connectivity index (χ1n) is 7.73. The normalized spacial score (nSPS) is 16.3. The minimum atomic E-state index is -2.92. The van der Waals surface area contributed by atoms with E-state index < -0.39 is 12.0 Å². The Morgan fingerprint density at radius 2 is 1.83 bits per heavy atom. The van der Waals surface area contributed by atoms with Crippen LogP contribution in [-0.2, 0) is 9.63 Å². The SMILES string of the molecule is CC(C)(C)C(=O)ON1CCN(c2ccc(N)c(OC(F)F)c2)CC1. The predicted molar refractivity (Wildman–Crippen MR) is 86.8 cm³/mol. The zero-order valence-corrected chi connectivity index (χ0v) is 14.1. The van der Waals surface area contributed by atoms with E-state index >= 15 is 0 Å². The Morgan fingerprint density at radius 1 is 1.21 bits per heavy atom. The third kappa shape index (κ3) is 4.70. The van der Waals surface area contributed by atoms with E-state index in [9.17, 15) is 13.6 Å².